The molecule has 0 unspecified atom stereocenters. The summed E-state index contributed by atoms with van der Waals surface area (Å²) < 4.78 is 19.4. The highest BCUT2D eigenvalue weighted by atomic mass is 32.1. The Hall–Kier alpha value is -1.50. The highest BCUT2D eigenvalue weighted by Crippen LogP contribution is 2.55. The second-order valence-corrected chi connectivity index (χ2v) is 7.95. The molecular formula is C18H19FN2O2S. The van der Waals surface area contributed by atoms with Crippen molar-refractivity contribution in [2.45, 2.75) is 24.5 Å². The molecule has 3 aliphatic heterocycles. The number of aliphatic hydroxyl groups excluding tert-OH is 1. The van der Waals surface area contributed by atoms with E-state index < -0.39 is 0 Å². The summed E-state index contributed by atoms with van der Waals surface area (Å²) in [6, 6.07) is 6.45. The van der Waals surface area contributed by atoms with Crippen LogP contribution in [0.15, 0.2) is 29.6 Å². The summed E-state index contributed by atoms with van der Waals surface area (Å²) in [7, 11) is 0. The number of rotatable bonds is 3. The van der Waals surface area contributed by atoms with Crippen LogP contribution >= 0.6 is 11.3 Å². The molecule has 3 fully saturated rings. The van der Waals surface area contributed by atoms with Crippen LogP contribution in [0.25, 0.3) is 11.3 Å². The number of anilines is 1. The van der Waals surface area contributed by atoms with Crippen molar-refractivity contribution in [3.63, 3.8) is 0 Å². The van der Waals surface area contributed by atoms with Gasteiger partial charge in [-0.2, -0.15) is 0 Å². The molecule has 0 amide bonds. The zero-order chi connectivity index (χ0) is 16.3. The molecule has 4 atom stereocenters. The molecule has 0 aliphatic carbocycles. The van der Waals surface area contributed by atoms with Crippen molar-refractivity contribution in [2.24, 2.45) is 11.8 Å². The van der Waals surface area contributed by atoms with Crippen molar-refractivity contribution >= 4 is 16.5 Å². The van der Waals surface area contributed by atoms with Gasteiger partial charge >= 0.3 is 0 Å². The normalized spacial score (nSPS) is 34.1. The summed E-state index contributed by atoms with van der Waals surface area (Å²) in [5.41, 5.74) is 1.73. The maximum atomic E-state index is 13.1. The fourth-order valence-corrected chi connectivity index (χ4v) is 5.59. The summed E-state index contributed by atoms with van der Waals surface area (Å²) in [6.07, 6.45) is 2.40. The lowest BCUT2D eigenvalue weighted by atomic mass is 9.74. The topological polar surface area (TPSA) is 45.6 Å². The first kappa shape index (κ1) is 14.8. The zero-order valence-electron chi connectivity index (χ0n) is 13.2. The van der Waals surface area contributed by atoms with Crippen LogP contribution in [0, 0.1) is 17.7 Å². The van der Waals surface area contributed by atoms with Gasteiger partial charge < -0.3 is 14.7 Å². The number of thiazole rings is 1. The average Bonchev–Trinajstić information content (AvgIpc) is 3.33. The van der Waals surface area contributed by atoms with Crippen LogP contribution in [-0.4, -0.2) is 41.5 Å². The predicted octanol–water partition coefficient (Wildman–Crippen LogP) is 2.93. The molecule has 0 saturated carbocycles. The van der Waals surface area contributed by atoms with Crippen molar-refractivity contribution in [2.75, 3.05) is 24.6 Å². The number of halogens is 1. The lowest BCUT2D eigenvalue weighted by Crippen LogP contribution is -2.37. The Kier molecular flexibility index (Phi) is 3.24. The molecule has 1 N–H and O–H groups in total. The van der Waals surface area contributed by atoms with Crippen LogP contribution in [0.5, 0.6) is 0 Å². The first-order chi connectivity index (χ1) is 11.7. The first-order valence-corrected chi connectivity index (χ1v) is 9.32. The molecule has 126 valence electrons. The van der Waals surface area contributed by atoms with Gasteiger partial charge in [0.05, 0.1) is 17.4 Å². The van der Waals surface area contributed by atoms with E-state index in [1.54, 1.807) is 23.5 Å². The summed E-state index contributed by atoms with van der Waals surface area (Å²) in [5.74, 6) is 0.434. The average molecular weight is 346 g/mol. The zero-order valence-corrected chi connectivity index (χ0v) is 14.0. The molecule has 2 bridgehead atoms. The monoisotopic (exact) mass is 346 g/mol. The van der Waals surface area contributed by atoms with Crippen molar-refractivity contribution in [1.82, 2.24) is 4.98 Å². The molecule has 3 aliphatic rings. The van der Waals surface area contributed by atoms with E-state index in [1.807, 2.05) is 5.38 Å². The van der Waals surface area contributed by atoms with Gasteiger partial charge in [0, 0.05) is 42.5 Å². The van der Waals surface area contributed by atoms with Crippen LogP contribution in [0.1, 0.15) is 12.8 Å². The van der Waals surface area contributed by atoms with Gasteiger partial charge in [-0.15, -0.1) is 11.3 Å². The van der Waals surface area contributed by atoms with E-state index in [1.165, 1.54) is 12.1 Å². The summed E-state index contributed by atoms with van der Waals surface area (Å²) in [5, 5.41) is 12.7. The predicted molar refractivity (Wildman–Crippen MR) is 90.6 cm³/mol. The van der Waals surface area contributed by atoms with E-state index in [4.69, 9.17) is 9.72 Å². The van der Waals surface area contributed by atoms with Gasteiger partial charge in [0.2, 0.25) is 0 Å². The lowest BCUT2D eigenvalue weighted by molar-refractivity contribution is 0.0129. The SMILES string of the molecule is OC[C@H]1[C@@H]2CC[C@@]3(CN(c4nc(-c5ccc(F)cc5)cs4)C[C@@H]13)O2. The Morgan fingerprint density at radius 2 is 2.21 bits per heavy atom. The number of hydrogen-bond donors (Lipinski definition) is 1. The summed E-state index contributed by atoms with van der Waals surface area (Å²) in [6.45, 7) is 1.97. The second-order valence-electron chi connectivity index (χ2n) is 7.12. The number of fused-ring (bicyclic) bond motifs is 1. The quantitative estimate of drug-likeness (QED) is 0.928. The van der Waals surface area contributed by atoms with Crippen LogP contribution in [0.4, 0.5) is 9.52 Å². The van der Waals surface area contributed by atoms with E-state index in [2.05, 4.69) is 4.90 Å². The van der Waals surface area contributed by atoms with Gasteiger partial charge in [-0.1, -0.05) is 0 Å². The van der Waals surface area contributed by atoms with Crippen molar-refractivity contribution < 1.29 is 14.2 Å². The van der Waals surface area contributed by atoms with E-state index in [0.29, 0.717) is 5.92 Å². The highest BCUT2D eigenvalue weighted by Gasteiger charge is 2.63. The van der Waals surface area contributed by atoms with Gasteiger partial charge in [-0.05, 0) is 37.1 Å². The Morgan fingerprint density at radius 3 is 3.00 bits per heavy atom. The molecule has 5 rings (SSSR count). The third-order valence-electron chi connectivity index (χ3n) is 5.90. The smallest absolute Gasteiger partial charge is 0.185 e. The fourth-order valence-electron chi connectivity index (χ4n) is 4.74. The first-order valence-electron chi connectivity index (χ1n) is 8.44. The number of aromatic nitrogens is 1. The van der Waals surface area contributed by atoms with E-state index in [9.17, 15) is 9.50 Å². The molecule has 24 heavy (non-hydrogen) atoms. The number of hydrogen-bond acceptors (Lipinski definition) is 5. The molecule has 1 aromatic carbocycles. The van der Waals surface area contributed by atoms with Crippen LogP contribution in [0.2, 0.25) is 0 Å². The third-order valence-corrected chi connectivity index (χ3v) is 6.80. The molecule has 1 aromatic heterocycles. The van der Waals surface area contributed by atoms with Crippen LogP contribution in [0.3, 0.4) is 0 Å². The lowest BCUT2D eigenvalue weighted by Gasteiger charge is -2.27. The highest BCUT2D eigenvalue weighted by molar-refractivity contribution is 7.14. The number of nitrogens with zero attached hydrogens (tertiary/aromatic N) is 2. The van der Waals surface area contributed by atoms with Gasteiger partial charge in [0.15, 0.2) is 5.13 Å². The van der Waals surface area contributed by atoms with Crippen molar-refractivity contribution in [3.05, 3.63) is 35.5 Å². The standard InChI is InChI=1S/C18H19FN2O2S/c19-12-3-1-11(2-4-12)15-9-24-17(20-15)21-7-14-13(8-22)16-5-6-18(14,10-21)23-16/h1-4,9,13-14,16,22H,5-8,10H2/t13-,14+,16+,18+/m1/s1. The number of aliphatic hydroxyl groups is 1. The molecule has 4 heterocycles. The van der Waals surface area contributed by atoms with E-state index in [-0.39, 0.29) is 30.0 Å². The fraction of sp³-hybridized carbons (Fsp3) is 0.500. The molecule has 2 aromatic rings. The van der Waals surface area contributed by atoms with E-state index in [0.717, 1.165) is 42.3 Å². The van der Waals surface area contributed by atoms with Gasteiger partial charge in [0.1, 0.15) is 5.82 Å². The van der Waals surface area contributed by atoms with Crippen LogP contribution < -0.4 is 4.90 Å². The number of benzene rings is 1. The summed E-state index contributed by atoms with van der Waals surface area (Å²) >= 11 is 1.62. The molecule has 6 heteroatoms. The Labute approximate surface area is 143 Å². The van der Waals surface area contributed by atoms with Gasteiger partial charge in [0.25, 0.3) is 0 Å². The summed E-state index contributed by atoms with van der Waals surface area (Å²) in [4.78, 5) is 7.05. The third kappa shape index (κ3) is 2.06. The van der Waals surface area contributed by atoms with Crippen LogP contribution in [-0.2, 0) is 4.74 Å². The molecule has 4 nitrogen and oxygen atoms in total. The molecule has 1 spiro atoms. The van der Waals surface area contributed by atoms with Crippen molar-refractivity contribution in [1.29, 1.82) is 0 Å². The minimum Gasteiger partial charge on any atom is -0.396 e. The maximum absolute atomic E-state index is 13.1. The van der Waals surface area contributed by atoms with Crippen molar-refractivity contribution in [3.8, 4) is 11.3 Å². The molecule has 3 saturated heterocycles. The maximum Gasteiger partial charge on any atom is 0.185 e. The minimum absolute atomic E-state index is 0.0836. The molecule has 0 radical (unpaired) electrons. The molecular weight excluding hydrogens is 327 g/mol. The Balaban J connectivity index is 1.40. The van der Waals surface area contributed by atoms with Gasteiger partial charge in [-0.25, -0.2) is 9.37 Å². The number of ether oxygens (including phenoxy) is 1. The Morgan fingerprint density at radius 1 is 1.38 bits per heavy atom. The Bertz CT molecular complexity index is 765. The van der Waals surface area contributed by atoms with E-state index >= 15 is 0 Å². The largest absolute Gasteiger partial charge is 0.396 e. The van der Waals surface area contributed by atoms with Gasteiger partial charge in [-0.3, -0.25) is 0 Å². The second kappa shape index (κ2) is 5.25. The minimum atomic E-state index is -0.233.